The molecule has 0 atom stereocenters. The molecule has 0 aliphatic carbocycles. The third-order valence-corrected chi connectivity index (χ3v) is 3.34. The maximum atomic E-state index is 11.9. The van der Waals surface area contributed by atoms with Crippen LogP contribution < -0.4 is 5.32 Å². The summed E-state index contributed by atoms with van der Waals surface area (Å²) >= 11 is 12.0. The fraction of sp³-hybridized carbons (Fsp3) is 0.133. The van der Waals surface area contributed by atoms with Gasteiger partial charge >= 0.3 is 0 Å². The number of carbonyl (C=O) groups excluding carboxylic acids is 1. The average molecular weight is 294 g/mol. The number of para-hydroxylation sites is 1. The minimum Gasteiger partial charge on any atom is -0.323 e. The Morgan fingerprint density at radius 2 is 1.63 bits per heavy atom. The first-order valence-electron chi connectivity index (χ1n) is 5.85. The number of rotatable bonds is 3. The predicted octanol–water partition coefficient (Wildman–Crippen LogP) is 4.48. The molecular formula is C15H13Cl2NO. The quantitative estimate of drug-likeness (QED) is 0.888. The highest BCUT2D eigenvalue weighted by atomic mass is 35.5. The SMILES string of the molecule is Cc1ccc(CC(=O)Nc2c(Cl)cccc2Cl)cc1. The molecule has 1 amide bonds. The first kappa shape index (κ1) is 13.9. The third kappa shape index (κ3) is 3.72. The molecule has 0 unspecified atom stereocenters. The van der Waals surface area contributed by atoms with Gasteiger partial charge in [0, 0.05) is 0 Å². The minimum absolute atomic E-state index is 0.140. The maximum absolute atomic E-state index is 11.9. The lowest BCUT2D eigenvalue weighted by atomic mass is 10.1. The monoisotopic (exact) mass is 293 g/mol. The van der Waals surface area contributed by atoms with Crippen molar-refractivity contribution in [2.45, 2.75) is 13.3 Å². The van der Waals surface area contributed by atoms with Crippen LogP contribution in [0, 0.1) is 6.92 Å². The molecule has 0 fully saturated rings. The van der Waals surface area contributed by atoms with E-state index in [1.165, 1.54) is 5.56 Å². The Balaban J connectivity index is 2.07. The Morgan fingerprint density at radius 1 is 1.05 bits per heavy atom. The molecule has 0 aromatic heterocycles. The molecule has 1 N–H and O–H groups in total. The second kappa shape index (κ2) is 6.09. The number of aryl methyl sites for hydroxylation is 1. The zero-order valence-electron chi connectivity index (χ0n) is 10.4. The highest BCUT2D eigenvalue weighted by molar-refractivity contribution is 6.39. The van der Waals surface area contributed by atoms with Crippen LogP contribution >= 0.6 is 23.2 Å². The summed E-state index contributed by atoms with van der Waals surface area (Å²) in [5.41, 5.74) is 2.58. The van der Waals surface area contributed by atoms with Crippen molar-refractivity contribution in [1.29, 1.82) is 0 Å². The number of amides is 1. The summed E-state index contributed by atoms with van der Waals surface area (Å²) in [7, 11) is 0. The minimum atomic E-state index is -0.140. The van der Waals surface area contributed by atoms with Gasteiger partial charge in [-0.05, 0) is 24.6 Å². The van der Waals surface area contributed by atoms with Crippen molar-refractivity contribution in [2.24, 2.45) is 0 Å². The second-order valence-corrected chi connectivity index (χ2v) is 5.12. The summed E-state index contributed by atoms with van der Waals surface area (Å²) in [6.45, 7) is 2.01. The van der Waals surface area contributed by atoms with Crippen molar-refractivity contribution in [2.75, 3.05) is 5.32 Å². The van der Waals surface area contributed by atoms with Crippen LogP contribution in [-0.4, -0.2) is 5.91 Å². The summed E-state index contributed by atoms with van der Waals surface area (Å²) in [6, 6.07) is 12.9. The summed E-state index contributed by atoms with van der Waals surface area (Å²) in [6.07, 6.45) is 0.293. The van der Waals surface area contributed by atoms with Crippen LogP contribution in [0.2, 0.25) is 10.0 Å². The molecule has 0 aliphatic rings. The summed E-state index contributed by atoms with van der Waals surface area (Å²) in [5.74, 6) is -0.140. The van der Waals surface area contributed by atoms with Crippen LogP contribution in [0.3, 0.4) is 0 Å². The smallest absolute Gasteiger partial charge is 0.228 e. The van der Waals surface area contributed by atoms with Gasteiger partial charge in [0.1, 0.15) is 0 Å². The van der Waals surface area contributed by atoms with Crippen LogP contribution in [0.4, 0.5) is 5.69 Å². The molecule has 2 aromatic carbocycles. The lowest BCUT2D eigenvalue weighted by Gasteiger charge is -2.09. The molecule has 0 spiro atoms. The number of benzene rings is 2. The van der Waals surface area contributed by atoms with E-state index in [0.717, 1.165) is 5.56 Å². The van der Waals surface area contributed by atoms with Crippen molar-refractivity contribution < 1.29 is 4.79 Å². The molecule has 19 heavy (non-hydrogen) atoms. The Bertz CT molecular complexity index is 573. The van der Waals surface area contributed by atoms with Crippen LogP contribution in [0.1, 0.15) is 11.1 Å². The van der Waals surface area contributed by atoms with Crippen LogP contribution in [0.15, 0.2) is 42.5 Å². The van der Waals surface area contributed by atoms with Crippen molar-refractivity contribution in [3.63, 3.8) is 0 Å². The van der Waals surface area contributed by atoms with E-state index < -0.39 is 0 Å². The molecule has 0 saturated heterocycles. The Morgan fingerprint density at radius 3 is 2.21 bits per heavy atom. The van der Waals surface area contributed by atoms with Gasteiger partial charge in [-0.15, -0.1) is 0 Å². The molecule has 0 heterocycles. The fourth-order valence-corrected chi connectivity index (χ4v) is 2.18. The van der Waals surface area contributed by atoms with Gasteiger partial charge in [0.15, 0.2) is 0 Å². The highest BCUT2D eigenvalue weighted by Crippen LogP contribution is 2.29. The molecule has 2 nitrogen and oxygen atoms in total. The van der Waals surface area contributed by atoms with E-state index in [1.54, 1.807) is 18.2 Å². The number of anilines is 1. The molecule has 98 valence electrons. The highest BCUT2D eigenvalue weighted by Gasteiger charge is 2.09. The number of halogens is 2. The summed E-state index contributed by atoms with van der Waals surface area (Å²) in [5, 5.41) is 3.61. The third-order valence-electron chi connectivity index (χ3n) is 2.71. The number of hydrogen-bond donors (Lipinski definition) is 1. The second-order valence-electron chi connectivity index (χ2n) is 4.31. The zero-order valence-corrected chi connectivity index (χ0v) is 11.9. The van der Waals surface area contributed by atoms with Gasteiger partial charge in [-0.1, -0.05) is 59.1 Å². The Labute approximate surface area is 122 Å². The van der Waals surface area contributed by atoms with Crippen molar-refractivity contribution >= 4 is 34.8 Å². The lowest BCUT2D eigenvalue weighted by Crippen LogP contribution is -2.15. The van der Waals surface area contributed by atoms with Gasteiger partial charge < -0.3 is 5.32 Å². The molecule has 2 aromatic rings. The fourth-order valence-electron chi connectivity index (χ4n) is 1.69. The van der Waals surface area contributed by atoms with E-state index in [-0.39, 0.29) is 5.91 Å². The van der Waals surface area contributed by atoms with Gasteiger partial charge in [-0.3, -0.25) is 4.79 Å². The van der Waals surface area contributed by atoms with E-state index in [4.69, 9.17) is 23.2 Å². The van der Waals surface area contributed by atoms with Gasteiger partial charge in [0.25, 0.3) is 0 Å². The van der Waals surface area contributed by atoms with Crippen LogP contribution in [0.25, 0.3) is 0 Å². The average Bonchev–Trinajstić information content (AvgIpc) is 2.37. The molecule has 0 bridgehead atoms. The topological polar surface area (TPSA) is 29.1 Å². The van der Waals surface area contributed by atoms with E-state index in [1.807, 2.05) is 31.2 Å². The summed E-state index contributed by atoms with van der Waals surface area (Å²) in [4.78, 5) is 11.9. The van der Waals surface area contributed by atoms with Gasteiger partial charge in [-0.2, -0.15) is 0 Å². The largest absolute Gasteiger partial charge is 0.323 e. The standard InChI is InChI=1S/C15H13Cl2NO/c1-10-5-7-11(8-6-10)9-14(19)18-15-12(16)3-2-4-13(15)17/h2-8H,9H2,1H3,(H,18,19). The Hall–Kier alpha value is -1.51. The van der Waals surface area contributed by atoms with Crippen molar-refractivity contribution in [3.8, 4) is 0 Å². The van der Waals surface area contributed by atoms with Crippen molar-refractivity contribution in [1.82, 2.24) is 0 Å². The molecular weight excluding hydrogens is 281 g/mol. The van der Waals surface area contributed by atoms with E-state index in [0.29, 0.717) is 22.2 Å². The van der Waals surface area contributed by atoms with Gasteiger partial charge in [-0.25, -0.2) is 0 Å². The van der Waals surface area contributed by atoms with Gasteiger partial charge in [0.2, 0.25) is 5.91 Å². The zero-order chi connectivity index (χ0) is 13.8. The molecule has 0 aliphatic heterocycles. The predicted molar refractivity (Wildman–Crippen MR) is 80.0 cm³/mol. The maximum Gasteiger partial charge on any atom is 0.228 e. The van der Waals surface area contributed by atoms with Gasteiger partial charge in [0.05, 0.1) is 22.2 Å². The lowest BCUT2D eigenvalue weighted by molar-refractivity contribution is -0.115. The first-order chi connectivity index (χ1) is 9.06. The molecule has 4 heteroatoms. The number of nitrogens with one attached hydrogen (secondary N) is 1. The van der Waals surface area contributed by atoms with E-state index >= 15 is 0 Å². The molecule has 0 saturated carbocycles. The normalized spacial score (nSPS) is 10.3. The summed E-state index contributed by atoms with van der Waals surface area (Å²) < 4.78 is 0. The van der Waals surface area contributed by atoms with Crippen molar-refractivity contribution in [3.05, 3.63) is 63.6 Å². The number of hydrogen-bond acceptors (Lipinski definition) is 1. The van der Waals surface area contributed by atoms with Crippen LogP contribution in [-0.2, 0) is 11.2 Å². The molecule has 0 radical (unpaired) electrons. The first-order valence-corrected chi connectivity index (χ1v) is 6.61. The van der Waals surface area contributed by atoms with E-state index in [2.05, 4.69) is 5.32 Å². The van der Waals surface area contributed by atoms with E-state index in [9.17, 15) is 4.79 Å². The molecule has 2 rings (SSSR count). The number of carbonyl (C=O) groups is 1. The van der Waals surface area contributed by atoms with Crippen LogP contribution in [0.5, 0.6) is 0 Å². The Kier molecular flexibility index (Phi) is 4.46.